The number of nitrogens with zero attached hydrogens (tertiary/aromatic N) is 3. The number of aliphatic hydroxyl groups is 1. The monoisotopic (exact) mass is 295 g/mol. The van der Waals surface area contributed by atoms with Crippen LogP contribution in [0.1, 0.15) is 25.5 Å². The van der Waals surface area contributed by atoms with Crippen LogP contribution in [0.15, 0.2) is 23.2 Å². The molecule has 7 heteroatoms. The number of aliphatic hydroxyl groups excluding tert-OH is 1. The summed E-state index contributed by atoms with van der Waals surface area (Å²) in [5, 5.41) is 18.2. The number of pyridine rings is 1. The van der Waals surface area contributed by atoms with E-state index in [9.17, 15) is 13.5 Å². The fraction of sp³-hybridized carbons (Fsp3) is 0.538. The maximum absolute atomic E-state index is 12.4. The molecule has 1 aliphatic heterocycles. The van der Waals surface area contributed by atoms with Crippen molar-refractivity contribution in [2.75, 3.05) is 13.1 Å². The van der Waals surface area contributed by atoms with Crippen molar-refractivity contribution in [1.29, 1.82) is 5.26 Å². The molecule has 0 saturated carbocycles. The Morgan fingerprint density at radius 2 is 2.10 bits per heavy atom. The van der Waals surface area contributed by atoms with Gasteiger partial charge in [0, 0.05) is 19.3 Å². The van der Waals surface area contributed by atoms with Gasteiger partial charge < -0.3 is 5.11 Å². The molecule has 1 aliphatic rings. The third-order valence-electron chi connectivity index (χ3n) is 3.67. The minimum Gasteiger partial charge on any atom is -0.393 e. The second kappa shape index (κ2) is 5.87. The van der Waals surface area contributed by atoms with Crippen molar-refractivity contribution in [1.82, 2.24) is 9.29 Å². The Morgan fingerprint density at radius 3 is 2.55 bits per heavy atom. The molecule has 1 N–H and O–H groups in total. The summed E-state index contributed by atoms with van der Waals surface area (Å²) in [5.74, 6) is 0.153. The molecule has 0 aliphatic carbocycles. The minimum atomic E-state index is -3.56. The van der Waals surface area contributed by atoms with Gasteiger partial charge in [0.15, 0.2) is 0 Å². The molecule has 1 fully saturated rings. The topological polar surface area (TPSA) is 94.3 Å². The molecular formula is C13H17N3O3S. The van der Waals surface area contributed by atoms with E-state index >= 15 is 0 Å². The largest absolute Gasteiger partial charge is 0.393 e. The number of hydrogen-bond acceptors (Lipinski definition) is 5. The Hall–Kier alpha value is -1.49. The maximum atomic E-state index is 12.4. The van der Waals surface area contributed by atoms with Crippen LogP contribution in [0.4, 0.5) is 0 Å². The zero-order valence-electron chi connectivity index (χ0n) is 11.2. The molecule has 0 bridgehead atoms. The average molecular weight is 295 g/mol. The van der Waals surface area contributed by atoms with E-state index in [0.717, 1.165) is 0 Å². The van der Waals surface area contributed by atoms with E-state index < -0.39 is 16.1 Å². The van der Waals surface area contributed by atoms with Crippen molar-refractivity contribution in [3.05, 3.63) is 24.0 Å². The van der Waals surface area contributed by atoms with E-state index in [4.69, 9.17) is 5.26 Å². The third kappa shape index (κ3) is 2.98. The fourth-order valence-electron chi connectivity index (χ4n) is 2.35. The zero-order valence-corrected chi connectivity index (χ0v) is 12.0. The standard InChI is InChI=1S/C13H17N3O3S/c1-10(17)11-4-6-16(7-5-11)20(18,19)13-3-2-12(8-14)15-9-13/h2-3,9-11,17H,4-7H2,1H3. The molecule has 1 saturated heterocycles. The smallest absolute Gasteiger partial charge is 0.244 e. The van der Waals surface area contributed by atoms with E-state index in [2.05, 4.69) is 4.98 Å². The number of piperidine rings is 1. The number of hydrogen-bond donors (Lipinski definition) is 1. The van der Waals surface area contributed by atoms with Crippen molar-refractivity contribution in [3.8, 4) is 6.07 Å². The quantitative estimate of drug-likeness (QED) is 0.887. The molecule has 1 aromatic rings. The Morgan fingerprint density at radius 1 is 1.45 bits per heavy atom. The van der Waals surface area contributed by atoms with Crippen molar-refractivity contribution in [2.45, 2.75) is 30.8 Å². The Balaban J connectivity index is 2.13. The summed E-state index contributed by atoms with van der Waals surface area (Å²) in [6.07, 6.45) is 2.12. The number of aromatic nitrogens is 1. The number of nitriles is 1. The van der Waals surface area contributed by atoms with Gasteiger partial charge >= 0.3 is 0 Å². The first-order chi connectivity index (χ1) is 9.45. The van der Waals surface area contributed by atoms with Crippen LogP contribution >= 0.6 is 0 Å². The molecule has 2 rings (SSSR count). The highest BCUT2D eigenvalue weighted by Crippen LogP contribution is 2.25. The van der Waals surface area contributed by atoms with E-state index in [1.807, 2.05) is 6.07 Å². The maximum Gasteiger partial charge on any atom is 0.244 e. The van der Waals surface area contributed by atoms with E-state index in [1.165, 1.54) is 22.6 Å². The first kappa shape index (κ1) is 14.9. The van der Waals surface area contributed by atoms with Crippen LogP contribution in [0.25, 0.3) is 0 Å². The molecule has 0 aromatic carbocycles. The predicted octanol–water partition coefficient (Wildman–Crippen LogP) is 0.735. The van der Waals surface area contributed by atoms with Crippen LogP contribution in [0.2, 0.25) is 0 Å². The first-order valence-corrected chi connectivity index (χ1v) is 7.93. The van der Waals surface area contributed by atoms with E-state index in [0.29, 0.717) is 25.9 Å². The molecule has 1 atom stereocenters. The predicted molar refractivity (Wildman–Crippen MR) is 72.1 cm³/mol. The molecule has 1 unspecified atom stereocenters. The molecule has 20 heavy (non-hydrogen) atoms. The van der Waals surface area contributed by atoms with Gasteiger partial charge in [-0.3, -0.25) is 0 Å². The van der Waals surface area contributed by atoms with Crippen LogP contribution in [0, 0.1) is 17.2 Å². The van der Waals surface area contributed by atoms with Crippen molar-refractivity contribution in [3.63, 3.8) is 0 Å². The summed E-state index contributed by atoms with van der Waals surface area (Å²) >= 11 is 0. The van der Waals surface area contributed by atoms with Crippen molar-refractivity contribution < 1.29 is 13.5 Å². The van der Waals surface area contributed by atoms with Gasteiger partial charge in [-0.05, 0) is 37.8 Å². The second-order valence-electron chi connectivity index (χ2n) is 4.97. The molecular weight excluding hydrogens is 278 g/mol. The van der Waals surface area contributed by atoms with Crippen molar-refractivity contribution >= 4 is 10.0 Å². The Bertz CT molecular complexity index is 597. The highest BCUT2D eigenvalue weighted by molar-refractivity contribution is 7.89. The van der Waals surface area contributed by atoms with Crippen LogP contribution in [0.5, 0.6) is 0 Å². The lowest BCUT2D eigenvalue weighted by molar-refractivity contribution is 0.0912. The highest BCUT2D eigenvalue weighted by Gasteiger charge is 2.31. The first-order valence-electron chi connectivity index (χ1n) is 6.49. The molecule has 1 aromatic heterocycles. The molecule has 0 amide bonds. The highest BCUT2D eigenvalue weighted by atomic mass is 32.2. The molecule has 0 spiro atoms. The molecule has 2 heterocycles. The molecule has 0 radical (unpaired) electrons. The average Bonchev–Trinajstić information content (AvgIpc) is 2.47. The van der Waals surface area contributed by atoms with Crippen LogP contribution in [-0.2, 0) is 10.0 Å². The normalized spacial score (nSPS) is 19.4. The minimum absolute atomic E-state index is 0.104. The summed E-state index contributed by atoms with van der Waals surface area (Å²) < 4.78 is 26.2. The van der Waals surface area contributed by atoms with E-state index in [1.54, 1.807) is 6.92 Å². The lowest BCUT2D eigenvalue weighted by Crippen LogP contribution is -2.40. The Labute approximate surface area is 118 Å². The molecule has 6 nitrogen and oxygen atoms in total. The lowest BCUT2D eigenvalue weighted by Gasteiger charge is -2.32. The van der Waals surface area contributed by atoms with Crippen LogP contribution in [0.3, 0.4) is 0 Å². The lowest BCUT2D eigenvalue weighted by atomic mass is 9.93. The summed E-state index contributed by atoms with van der Waals surface area (Å²) in [5.41, 5.74) is 0.191. The number of sulfonamides is 1. The summed E-state index contributed by atoms with van der Waals surface area (Å²) in [4.78, 5) is 3.90. The van der Waals surface area contributed by atoms with Crippen molar-refractivity contribution in [2.24, 2.45) is 5.92 Å². The van der Waals surface area contributed by atoms with Gasteiger partial charge in [0.1, 0.15) is 16.7 Å². The van der Waals surface area contributed by atoms with Gasteiger partial charge in [-0.1, -0.05) is 0 Å². The zero-order chi connectivity index (χ0) is 14.8. The number of rotatable bonds is 3. The van der Waals surface area contributed by atoms with Gasteiger partial charge in [0.25, 0.3) is 0 Å². The summed E-state index contributed by atoms with van der Waals surface area (Å²) in [6, 6.07) is 4.66. The fourth-order valence-corrected chi connectivity index (χ4v) is 3.76. The second-order valence-corrected chi connectivity index (χ2v) is 6.91. The van der Waals surface area contributed by atoms with Gasteiger partial charge in [-0.25, -0.2) is 13.4 Å². The summed E-state index contributed by atoms with van der Waals surface area (Å²) in [7, 11) is -3.56. The SMILES string of the molecule is CC(O)C1CCN(S(=O)(=O)c2ccc(C#N)nc2)CC1. The van der Waals surface area contributed by atoms with Gasteiger partial charge in [-0.15, -0.1) is 0 Å². The third-order valence-corrected chi connectivity index (χ3v) is 5.55. The van der Waals surface area contributed by atoms with Gasteiger partial charge in [-0.2, -0.15) is 9.57 Å². The molecule has 108 valence electrons. The van der Waals surface area contributed by atoms with E-state index in [-0.39, 0.29) is 16.5 Å². The summed E-state index contributed by atoms with van der Waals surface area (Å²) in [6.45, 7) is 2.54. The van der Waals surface area contributed by atoms with Gasteiger partial charge in [0.2, 0.25) is 10.0 Å². The van der Waals surface area contributed by atoms with Crippen LogP contribution in [-0.4, -0.2) is 42.0 Å². The van der Waals surface area contributed by atoms with Crippen LogP contribution < -0.4 is 0 Å². The Kier molecular flexibility index (Phi) is 4.38. The van der Waals surface area contributed by atoms with Gasteiger partial charge in [0.05, 0.1) is 6.10 Å².